The van der Waals surface area contributed by atoms with E-state index in [9.17, 15) is 10.5 Å². The van der Waals surface area contributed by atoms with Crippen molar-refractivity contribution in [2.75, 3.05) is 11.5 Å². The predicted octanol–water partition coefficient (Wildman–Crippen LogP) is 5.20. The van der Waals surface area contributed by atoms with Gasteiger partial charge in [0.25, 0.3) is 0 Å². The molecule has 28 heavy (non-hydrogen) atoms. The van der Waals surface area contributed by atoms with Crippen molar-refractivity contribution in [1.29, 1.82) is 10.5 Å². The molecule has 1 aromatic carbocycles. The molecule has 0 amide bonds. The summed E-state index contributed by atoms with van der Waals surface area (Å²) >= 11 is 3.44. The molecule has 0 aromatic heterocycles. The fraction of sp³-hybridized carbons (Fsp3) is 0.591. The molecule has 4 nitrogen and oxygen atoms in total. The molecular formula is C22H28N4S2. The van der Waals surface area contributed by atoms with E-state index in [1.165, 1.54) is 0 Å². The van der Waals surface area contributed by atoms with Gasteiger partial charge >= 0.3 is 0 Å². The molecule has 0 saturated heterocycles. The third-order valence-corrected chi connectivity index (χ3v) is 9.23. The number of hydrogen-bond acceptors (Lipinski definition) is 6. The van der Waals surface area contributed by atoms with Crippen LogP contribution in [0.1, 0.15) is 56.6 Å². The van der Waals surface area contributed by atoms with Crippen LogP contribution in [0.15, 0.2) is 29.3 Å². The number of nitrogens with two attached hydrogens (primary N) is 1. The summed E-state index contributed by atoms with van der Waals surface area (Å²) in [5.74, 6) is 1.95. The number of aryl methyl sites for hydroxylation is 1. The molecule has 1 fully saturated rings. The Morgan fingerprint density at radius 3 is 2.07 bits per heavy atom. The van der Waals surface area contributed by atoms with Crippen molar-refractivity contribution < 1.29 is 0 Å². The molecule has 148 valence electrons. The standard InChI is InChI=1S/C22H28N4S2/c1-4-6-12-27-22(28-13-7-5-2)21(15-24)18(17-10-8-16(3)9-11-17)20(21,14-23)19(25)26-22/h8-11,18H,4-7,12-13H2,1-3H3,(H2,25,26). The van der Waals surface area contributed by atoms with Gasteiger partial charge in [-0.05, 0) is 36.8 Å². The summed E-state index contributed by atoms with van der Waals surface area (Å²) in [7, 11) is 0. The molecule has 1 aromatic rings. The molecule has 1 saturated carbocycles. The number of benzene rings is 1. The van der Waals surface area contributed by atoms with E-state index in [-0.39, 0.29) is 5.92 Å². The van der Waals surface area contributed by atoms with Crippen LogP contribution in [0.25, 0.3) is 0 Å². The smallest absolute Gasteiger partial charge is 0.175 e. The zero-order valence-corrected chi connectivity index (χ0v) is 18.5. The second kappa shape index (κ2) is 8.01. The summed E-state index contributed by atoms with van der Waals surface area (Å²) in [5, 5.41) is 20.7. The maximum absolute atomic E-state index is 10.5. The minimum absolute atomic E-state index is 0.226. The van der Waals surface area contributed by atoms with Crippen LogP contribution >= 0.6 is 23.5 Å². The second-order valence-electron chi connectivity index (χ2n) is 7.67. The molecule has 6 heteroatoms. The summed E-state index contributed by atoms with van der Waals surface area (Å²) < 4.78 is -0.707. The highest BCUT2D eigenvalue weighted by Gasteiger charge is 2.91. The van der Waals surface area contributed by atoms with Crippen LogP contribution in [0.2, 0.25) is 0 Å². The van der Waals surface area contributed by atoms with Crippen molar-refractivity contribution in [3.63, 3.8) is 0 Å². The minimum atomic E-state index is -1.02. The number of unbranched alkanes of at least 4 members (excludes halogenated alkanes) is 2. The molecule has 3 rings (SSSR count). The van der Waals surface area contributed by atoms with E-state index < -0.39 is 15.0 Å². The second-order valence-corrected chi connectivity index (χ2v) is 10.5. The molecule has 1 heterocycles. The zero-order chi connectivity index (χ0) is 20.4. The van der Waals surface area contributed by atoms with Crippen molar-refractivity contribution >= 4 is 29.4 Å². The first kappa shape index (κ1) is 21.1. The Labute approximate surface area is 177 Å². The average Bonchev–Trinajstić information content (AvgIpc) is 3.27. The molecule has 0 radical (unpaired) electrons. The van der Waals surface area contributed by atoms with Gasteiger partial charge in [-0.15, -0.1) is 23.5 Å². The third kappa shape index (κ3) is 2.77. The van der Waals surface area contributed by atoms with Crippen molar-refractivity contribution in [3.05, 3.63) is 35.4 Å². The van der Waals surface area contributed by atoms with Gasteiger partial charge in [-0.25, -0.2) is 4.99 Å². The Morgan fingerprint density at radius 2 is 1.61 bits per heavy atom. The number of fused-ring (bicyclic) bond motifs is 1. The number of hydrogen-bond donors (Lipinski definition) is 1. The monoisotopic (exact) mass is 412 g/mol. The molecule has 0 bridgehead atoms. The van der Waals surface area contributed by atoms with Gasteiger partial charge in [0.1, 0.15) is 16.7 Å². The van der Waals surface area contributed by atoms with Gasteiger partial charge in [-0.2, -0.15) is 10.5 Å². The van der Waals surface area contributed by atoms with Gasteiger partial charge in [-0.3, -0.25) is 0 Å². The molecule has 2 N–H and O–H groups in total. The Kier molecular flexibility index (Phi) is 6.03. The number of nitriles is 2. The van der Waals surface area contributed by atoms with E-state index >= 15 is 0 Å². The summed E-state index contributed by atoms with van der Waals surface area (Å²) in [6.45, 7) is 6.37. The highest BCUT2D eigenvalue weighted by atomic mass is 32.2. The minimum Gasteiger partial charge on any atom is -0.386 e. The lowest BCUT2D eigenvalue weighted by atomic mass is 9.97. The quantitative estimate of drug-likeness (QED) is 0.445. The zero-order valence-electron chi connectivity index (χ0n) is 16.9. The Balaban J connectivity index is 2.08. The normalized spacial score (nSPS) is 29.5. The largest absolute Gasteiger partial charge is 0.386 e. The van der Waals surface area contributed by atoms with Crippen LogP contribution in [-0.2, 0) is 0 Å². The Morgan fingerprint density at radius 1 is 1.04 bits per heavy atom. The van der Waals surface area contributed by atoms with Gasteiger partial charge < -0.3 is 5.73 Å². The van der Waals surface area contributed by atoms with E-state index in [4.69, 9.17) is 10.7 Å². The van der Waals surface area contributed by atoms with Crippen LogP contribution < -0.4 is 5.73 Å². The van der Waals surface area contributed by atoms with Gasteiger partial charge in [0.2, 0.25) is 0 Å². The average molecular weight is 413 g/mol. The Hall–Kier alpha value is -1.63. The molecular weight excluding hydrogens is 384 g/mol. The van der Waals surface area contributed by atoms with Gasteiger partial charge in [0, 0.05) is 5.92 Å². The lowest BCUT2D eigenvalue weighted by molar-refractivity contribution is 0.562. The number of aliphatic imine (C=N–C) groups is 1. The molecule has 2 aliphatic rings. The summed E-state index contributed by atoms with van der Waals surface area (Å²) in [6, 6.07) is 13.2. The first-order valence-corrected chi connectivity index (χ1v) is 12.0. The first-order chi connectivity index (χ1) is 13.5. The van der Waals surface area contributed by atoms with Crippen molar-refractivity contribution in [3.8, 4) is 12.1 Å². The van der Waals surface area contributed by atoms with Crippen molar-refractivity contribution in [2.45, 2.75) is 56.6 Å². The van der Waals surface area contributed by atoms with Crippen LogP contribution in [0.3, 0.4) is 0 Å². The highest BCUT2D eigenvalue weighted by Crippen LogP contribution is 2.85. The molecule has 3 atom stereocenters. The fourth-order valence-electron chi connectivity index (χ4n) is 4.33. The van der Waals surface area contributed by atoms with Gasteiger partial charge in [-0.1, -0.05) is 56.5 Å². The van der Waals surface area contributed by atoms with E-state index in [0.29, 0.717) is 5.84 Å². The molecule has 3 unspecified atom stereocenters. The number of amidine groups is 1. The molecule has 1 aliphatic carbocycles. The van der Waals surface area contributed by atoms with Crippen LogP contribution in [0.4, 0.5) is 0 Å². The van der Waals surface area contributed by atoms with E-state index in [1.54, 1.807) is 23.5 Å². The summed E-state index contributed by atoms with van der Waals surface area (Å²) in [4.78, 5) is 4.85. The van der Waals surface area contributed by atoms with E-state index in [0.717, 1.165) is 48.3 Å². The predicted molar refractivity (Wildman–Crippen MR) is 119 cm³/mol. The van der Waals surface area contributed by atoms with Crippen LogP contribution in [0, 0.1) is 40.4 Å². The van der Waals surface area contributed by atoms with Gasteiger partial charge in [0.15, 0.2) is 4.20 Å². The Bertz CT molecular complexity index is 826. The van der Waals surface area contributed by atoms with Crippen molar-refractivity contribution in [2.24, 2.45) is 21.6 Å². The summed E-state index contributed by atoms with van der Waals surface area (Å²) in [6.07, 6.45) is 4.30. The van der Waals surface area contributed by atoms with Crippen LogP contribution in [0.5, 0.6) is 0 Å². The lowest BCUT2D eigenvalue weighted by Crippen LogP contribution is -2.32. The van der Waals surface area contributed by atoms with Gasteiger partial charge in [0.05, 0.1) is 12.1 Å². The first-order valence-electron chi connectivity index (χ1n) is 10.0. The topological polar surface area (TPSA) is 86.0 Å². The number of rotatable bonds is 9. The molecule has 0 spiro atoms. The molecule has 1 aliphatic heterocycles. The number of nitrogens with zero attached hydrogens (tertiary/aromatic N) is 3. The number of thioether (sulfide) groups is 2. The maximum atomic E-state index is 10.5. The SMILES string of the molecule is CCCCSC1(SCCCC)N=C(N)C2(C#N)C(c3ccc(C)cc3)C12C#N. The van der Waals surface area contributed by atoms with E-state index in [2.05, 4.69) is 26.0 Å². The van der Waals surface area contributed by atoms with Crippen LogP contribution in [-0.4, -0.2) is 21.5 Å². The third-order valence-electron chi connectivity index (χ3n) is 5.93. The van der Waals surface area contributed by atoms with E-state index in [1.807, 2.05) is 31.2 Å². The fourth-order valence-corrected chi connectivity index (χ4v) is 8.01. The lowest BCUT2D eigenvalue weighted by Gasteiger charge is -2.32. The van der Waals surface area contributed by atoms with Crippen molar-refractivity contribution in [1.82, 2.24) is 0 Å². The maximum Gasteiger partial charge on any atom is 0.175 e. The summed E-state index contributed by atoms with van der Waals surface area (Å²) in [5.41, 5.74) is 6.67. The highest BCUT2D eigenvalue weighted by molar-refractivity contribution is 8.18.